The van der Waals surface area contributed by atoms with Gasteiger partial charge in [0.15, 0.2) is 0 Å². The van der Waals surface area contributed by atoms with Crippen LogP contribution in [0.5, 0.6) is 0 Å². The Hall–Kier alpha value is -1.93. The Balaban J connectivity index is 2.98. The lowest BCUT2D eigenvalue weighted by molar-refractivity contribution is -0.140. The topological polar surface area (TPSA) is 84.0 Å². The van der Waals surface area contributed by atoms with Crippen LogP contribution in [-0.4, -0.2) is 63.3 Å². The van der Waals surface area contributed by atoms with Crippen molar-refractivity contribution in [2.24, 2.45) is 0 Å². The normalized spacial score (nSPS) is 11.6. The van der Waals surface area contributed by atoms with E-state index in [1.54, 1.807) is 4.90 Å². The average Bonchev–Trinajstić information content (AvgIpc) is 2.54. The van der Waals surface area contributed by atoms with Crippen molar-refractivity contribution in [2.45, 2.75) is 31.2 Å². The first-order valence-corrected chi connectivity index (χ1v) is 8.95. The van der Waals surface area contributed by atoms with E-state index in [1.807, 2.05) is 13.8 Å². The van der Waals surface area contributed by atoms with Crippen LogP contribution in [0.2, 0.25) is 0 Å². The molecular formula is C16H24N2O5S. The van der Waals surface area contributed by atoms with E-state index in [-0.39, 0.29) is 35.8 Å². The highest BCUT2D eigenvalue weighted by molar-refractivity contribution is 7.89. The fraction of sp³-hybridized carbons (Fsp3) is 0.500. The lowest BCUT2D eigenvalue weighted by Crippen LogP contribution is -2.38. The number of amides is 1. The zero-order valence-electron chi connectivity index (χ0n) is 14.6. The summed E-state index contributed by atoms with van der Waals surface area (Å²) in [6.07, 6.45) is 0.105. The maximum atomic E-state index is 12.6. The van der Waals surface area contributed by atoms with Gasteiger partial charge in [-0.05, 0) is 38.1 Å². The molecule has 0 aliphatic rings. The number of ether oxygens (including phenoxy) is 1. The van der Waals surface area contributed by atoms with E-state index in [0.717, 1.165) is 4.31 Å². The summed E-state index contributed by atoms with van der Waals surface area (Å²) < 4.78 is 29.8. The molecule has 7 nitrogen and oxygen atoms in total. The van der Waals surface area contributed by atoms with Crippen molar-refractivity contribution in [1.82, 2.24) is 9.21 Å². The van der Waals surface area contributed by atoms with Gasteiger partial charge in [0, 0.05) is 32.2 Å². The molecule has 0 unspecified atom stereocenters. The molecule has 0 saturated heterocycles. The zero-order chi connectivity index (χ0) is 18.5. The molecule has 134 valence electrons. The summed E-state index contributed by atoms with van der Waals surface area (Å²) in [5.41, 5.74) is 0.367. The first-order chi connectivity index (χ1) is 11.1. The van der Waals surface area contributed by atoms with Gasteiger partial charge in [-0.15, -0.1) is 0 Å². The minimum absolute atomic E-state index is 0.104. The molecular weight excluding hydrogens is 332 g/mol. The van der Waals surface area contributed by atoms with Gasteiger partial charge in [0.05, 0.1) is 18.4 Å². The number of hydrogen-bond donors (Lipinski definition) is 0. The molecule has 0 bridgehead atoms. The van der Waals surface area contributed by atoms with Crippen molar-refractivity contribution in [3.05, 3.63) is 29.8 Å². The maximum Gasteiger partial charge on any atom is 0.307 e. The van der Waals surface area contributed by atoms with Crippen LogP contribution in [0.3, 0.4) is 0 Å². The van der Waals surface area contributed by atoms with Crippen LogP contribution in [0, 0.1) is 0 Å². The largest absolute Gasteiger partial charge is 0.469 e. The minimum Gasteiger partial charge on any atom is -0.469 e. The number of sulfonamides is 1. The highest BCUT2D eigenvalue weighted by Crippen LogP contribution is 2.16. The lowest BCUT2D eigenvalue weighted by atomic mass is 10.1. The van der Waals surface area contributed by atoms with Gasteiger partial charge >= 0.3 is 5.97 Å². The van der Waals surface area contributed by atoms with Gasteiger partial charge in [-0.2, -0.15) is 0 Å². The number of benzene rings is 1. The molecule has 0 saturated carbocycles. The highest BCUT2D eigenvalue weighted by Gasteiger charge is 2.22. The zero-order valence-corrected chi connectivity index (χ0v) is 15.5. The fourth-order valence-corrected chi connectivity index (χ4v) is 2.96. The van der Waals surface area contributed by atoms with Crippen molar-refractivity contribution in [1.29, 1.82) is 0 Å². The number of rotatable bonds is 7. The predicted molar refractivity (Wildman–Crippen MR) is 90.1 cm³/mol. The molecule has 0 aliphatic heterocycles. The van der Waals surface area contributed by atoms with Crippen LogP contribution >= 0.6 is 0 Å². The second-order valence-corrected chi connectivity index (χ2v) is 7.88. The monoisotopic (exact) mass is 356 g/mol. The van der Waals surface area contributed by atoms with Crippen LogP contribution in [0.1, 0.15) is 30.6 Å². The molecule has 1 rings (SSSR count). The standard InChI is InChI=1S/C16H24N2O5S/c1-12(2)18(11-10-15(19)23-5)16(20)13-6-8-14(9-7-13)24(21,22)17(3)4/h6-9,12H,10-11H2,1-5H3. The third kappa shape index (κ3) is 4.78. The van der Waals surface area contributed by atoms with Crippen LogP contribution in [0.15, 0.2) is 29.2 Å². The third-order valence-corrected chi connectivity index (χ3v) is 5.38. The molecule has 0 radical (unpaired) electrons. The molecule has 8 heteroatoms. The Kier molecular flexibility index (Phi) is 6.92. The molecule has 0 fully saturated rings. The Morgan fingerprint density at radius 1 is 1.12 bits per heavy atom. The summed E-state index contributed by atoms with van der Waals surface area (Å²) in [6, 6.07) is 5.66. The molecule has 0 aromatic heterocycles. The highest BCUT2D eigenvalue weighted by atomic mass is 32.2. The summed E-state index contributed by atoms with van der Waals surface area (Å²) in [7, 11) is 0.658. The third-order valence-electron chi connectivity index (χ3n) is 3.55. The number of carbonyl (C=O) groups is 2. The van der Waals surface area contributed by atoms with E-state index in [4.69, 9.17) is 0 Å². The quantitative estimate of drug-likeness (QED) is 0.689. The summed E-state index contributed by atoms with van der Waals surface area (Å²) in [6.45, 7) is 3.93. The molecule has 0 aliphatic carbocycles. The number of hydrogen-bond acceptors (Lipinski definition) is 5. The van der Waals surface area contributed by atoms with Crippen LogP contribution in [-0.2, 0) is 19.6 Å². The van der Waals surface area contributed by atoms with Crippen molar-refractivity contribution in [2.75, 3.05) is 27.7 Å². The van der Waals surface area contributed by atoms with Crippen molar-refractivity contribution >= 4 is 21.9 Å². The van der Waals surface area contributed by atoms with Crippen LogP contribution in [0.4, 0.5) is 0 Å². The summed E-state index contributed by atoms with van der Waals surface area (Å²) in [5, 5.41) is 0. The van der Waals surface area contributed by atoms with E-state index < -0.39 is 10.0 Å². The van der Waals surface area contributed by atoms with Crippen molar-refractivity contribution in [3.63, 3.8) is 0 Å². The Morgan fingerprint density at radius 3 is 2.08 bits per heavy atom. The van der Waals surface area contributed by atoms with E-state index in [9.17, 15) is 18.0 Å². The van der Waals surface area contributed by atoms with Crippen LogP contribution < -0.4 is 0 Å². The second-order valence-electron chi connectivity index (χ2n) is 5.73. The van der Waals surface area contributed by atoms with Crippen molar-refractivity contribution < 1.29 is 22.7 Å². The van der Waals surface area contributed by atoms with E-state index in [0.29, 0.717) is 5.56 Å². The van der Waals surface area contributed by atoms with E-state index >= 15 is 0 Å². The summed E-state index contributed by atoms with van der Waals surface area (Å²) in [4.78, 5) is 25.5. The maximum absolute atomic E-state index is 12.6. The van der Waals surface area contributed by atoms with Crippen molar-refractivity contribution in [3.8, 4) is 0 Å². The van der Waals surface area contributed by atoms with E-state index in [2.05, 4.69) is 4.74 Å². The average molecular weight is 356 g/mol. The van der Waals surface area contributed by atoms with Gasteiger partial charge in [0.1, 0.15) is 0 Å². The van der Waals surface area contributed by atoms with Gasteiger partial charge in [0.25, 0.3) is 5.91 Å². The number of carbonyl (C=O) groups excluding carboxylic acids is 2. The lowest BCUT2D eigenvalue weighted by Gasteiger charge is -2.26. The van der Waals surface area contributed by atoms with Crippen LogP contribution in [0.25, 0.3) is 0 Å². The molecule has 0 N–H and O–H groups in total. The SMILES string of the molecule is COC(=O)CCN(C(=O)c1ccc(S(=O)(=O)N(C)C)cc1)C(C)C. The fourth-order valence-electron chi connectivity index (χ4n) is 2.05. The van der Waals surface area contributed by atoms with Gasteiger partial charge < -0.3 is 9.64 Å². The van der Waals surface area contributed by atoms with Gasteiger partial charge in [-0.1, -0.05) is 0 Å². The second kappa shape index (κ2) is 8.25. The molecule has 24 heavy (non-hydrogen) atoms. The molecule has 1 aromatic rings. The van der Waals surface area contributed by atoms with Gasteiger partial charge in [0.2, 0.25) is 10.0 Å². The Labute approximate surface area is 143 Å². The molecule has 0 heterocycles. The Morgan fingerprint density at radius 2 is 1.67 bits per heavy atom. The summed E-state index contributed by atoms with van der Waals surface area (Å²) >= 11 is 0. The number of methoxy groups -OCH3 is 1. The van der Waals surface area contributed by atoms with Gasteiger partial charge in [-0.25, -0.2) is 12.7 Å². The predicted octanol–water partition coefficient (Wildman–Crippen LogP) is 1.35. The van der Waals surface area contributed by atoms with E-state index in [1.165, 1.54) is 45.5 Å². The molecule has 0 spiro atoms. The van der Waals surface area contributed by atoms with Gasteiger partial charge in [-0.3, -0.25) is 9.59 Å². The minimum atomic E-state index is -3.53. The Bertz CT molecular complexity index is 681. The number of esters is 1. The smallest absolute Gasteiger partial charge is 0.307 e. The first-order valence-electron chi connectivity index (χ1n) is 7.51. The molecule has 1 amide bonds. The molecule has 1 aromatic carbocycles. The molecule has 0 atom stereocenters. The number of nitrogens with zero attached hydrogens (tertiary/aromatic N) is 2. The first kappa shape index (κ1) is 20.1. The summed E-state index contributed by atoms with van der Waals surface area (Å²) in [5.74, 6) is -0.649.